The number of carbonyl (C=O) groups excluding carboxylic acids is 1. The van der Waals surface area contributed by atoms with Gasteiger partial charge in [0.25, 0.3) is 5.91 Å². The predicted molar refractivity (Wildman–Crippen MR) is 102 cm³/mol. The van der Waals surface area contributed by atoms with Crippen LogP contribution in [-0.2, 0) is 0 Å². The van der Waals surface area contributed by atoms with Gasteiger partial charge in [-0.05, 0) is 68.4 Å². The zero-order chi connectivity index (χ0) is 18.3. The minimum absolute atomic E-state index is 0.199. The Labute approximate surface area is 149 Å². The number of imidazole rings is 1. The lowest BCUT2D eigenvalue weighted by Crippen LogP contribution is -2.12. The predicted octanol–water partition coefficient (Wildman–Crippen LogP) is 3.52. The molecule has 3 N–H and O–H groups in total. The molecule has 2 aromatic carbocycles. The van der Waals surface area contributed by atoms with Gasteiger partial charge in [0.2, 0.25) is 0 Å². The van der Waals surface area contributed by atoms with Crippen molar-refractivity contribution in [3.8, 4) is 5.69 Å². The van der Waals surface area contributed by atoms with Crippen LogP contribution in [0.15, 0.2) is 59.4 Å². The molecule has 0 spiro atoms. The van der Waals surface area contributed by atoms with Gasteiger partial charge in [-0.15, -0.1) is 0 Å². The molecule has 0 aliphatic carbocycles. The lowest BCUT2D eigenvalue weighted by atomic mass is 10.1. The van der Waals surface area contributed by atoms with Crippen LogP contribution >= 0.6 is 0 Å². The van der Waals surface area contributed by atoms with Crippen LogP contribution in [0.3, 0.4) is 0 Å². The van der Waals surface area contributed by atoms with E-state index in [0.717, 1.165) is 17.1 Å². The maximum Gasteiger partial charge on any atom is 0.323 e. The number of fused-ring (bicyclic) bond motifs is 1. The topological polar surface area (TPSA) is 82.7 Å². The molecule has 0 aliphatic heterocycles. The number of hydrogen-bond donors (Lipinski definition) is 3. The van der Waals surface area contributed by atoms with Gasteiger partial charge in [-0.2, -0.15) is 0 Å². The van der Waals surface area contributed by atoms with Crippen LogP contribution in [0.1, 0.15) is 21.7 Å². The molecule has 0 atom stereocenters. The number of rotatable bonds is 3. The molecule has 0 bridgehead atoms. The molecule has 0 aliphatic rings. The number of nitrogens with one attached hydrogen (secondary N) is 3. The third-order valence-electron chi connectivity index (χ3n) is 4.43. The van der Waals surface area contributed by atoms with E-state index in [1.54, 1.807) is 30.3 Å². The molecule has 6 heteroatoms. The minimum atomic E-state index is -0.269. The first kappa shape index (κ1) is 16.0. The summed E-state index contributed by atoms with van der Waals surface area (Å²) in [6.07, 6.45) is 0. The third-order valence-corrected chi connectivity index (χ3v) is 4.43. The first-order chi connectivity index (χ1) is 12.5. The van der Waals surface area contributed by atoms with Gasteiger partial charge in [0.1, 0.15) is 0 Å². The number of hydrogen-bond acceptors (Lipinski definition) is 2. The number of benzene rings is 2. The Hall–Kier alpha value is -3.54. The monoisotopic (exact) mass is 346 g/mol. The van der Waals surface area contributed by atoms with E-state index < -0.39 is 0 Å². The summed E-state index contributed by atoms with van der Waals surface area (Å²) in [6.45, 7) is 4.10. The van der Waals surface area contributed by atoms with Gasteiger partial charge < -0.3 is 19.9 Å². The van der Waals surface area contributed by atoms with Crippen LogP contribution in [0.5, 0.6) is 0 Å². The van der Waals surface area contributed by atoms with E-state index >= 15 is 0 Å². The van der Waals surface area contributed by atoms with Crippen LogP contribution in [0.2, 0.25) is 0 Å². The Balaban J connectivity index is 1.56. The van der Waals surface area contributed by atoms with E-state index in [2.05, 4.69) is 45.8 Å². The summed E-state index contributed by atoms with van der Waals surface area (Å²) in [5.74, 6) is -0.199. The van der Waals surface area contributed by atoms with E-state index in [9.17, 15) is 9.59 Å². The number of aromatic nitrogens is 3. The lowest BCUT2D eigenvalue weighted by Gasteiger charge is -2.10. The highest BCUT2D eigenvalue weighted by molar-refractivity contribution is 6.05. The molecule has 0 saturated heterocycles. The first-order valence-corrected chi connectivity index (χ1v) is 8.30. The minimum Gasteiger partial charge on any atom is -0.322 e. The van der Waals surface area contributed by atoms with Gasteiger partial charge in [0.05, 0.1) is 11.0 Å². The molecule has 0 saturated carbocycles. The molecule has 4 rings (SSSR count). The van der Waals surface area contributed by atoms with Gasteiger partial charge in [-0.3, -0.25) is 4.79 Å². The van der Waals surface area contributed by atoms with Gasteiger partial charge in [0.15, 0.2) is 0 Å². The molecule has 0 radical (unpaired) electrons. The van der Waals surface area contributed by atoms with E-state index in [0.29, 0.717) is 22.3 Å². The molecular formula is C20H18N4O2. The summed E-state index contributed by atoms with van der Waals surface area (Å²) >= 11 is 0. The Kier molecular flexibility index (Phi) is 3.73. The molecule has 0 unspecified atom stereocenters. The average molecular weight is 346 g/mol. The lowest BCUT2D eigenvalue weighted by molar-refractivity contribution is 0.102. The van der Waals surface area contributed by atoms with Crippen LogP contribution in [0.4, 0.5) is 5.69 Å². The molecule has 130 valence electrons. The second-order valence-electron chi connectivity index (χ2n) is 6.29. The van der Waals surface area contributed by atoms with E-state index in [1.807, 2.05) is 12.1 Å². The number of nitrogens with zero attached hydrogens (tertiary/aromatic N) is 1. The van der Waals surface area contributed by atoms with Crippen molar-refractivity contribution < 1.29 is 4.79 Å². The van der Waals surface area contributed by atoms with Crippen molar-refractivity contribution >= 4 is 22.6 Å². The van der Waals surface area contributed by atoms with Gasteiger partial charge >= 0.3 is 5.69 Å². The van der Waals surface area contributed by atoms with Crippen molar-refractivity contribution in [2.24, 2.45) is 0 Å². The summed E-state index contributed by atoms with van der Waals surface area (Å²) in [5.41, 5.74) is 5.60. The fourth-order valence-electron chi connectivity index (χ4n) is 3.15. The summed E-state index contributed by atoms with van der Waals surface area (Å²) in [7, 11) is 0. The largest absolute Gasteiger partial charge is 0.323 e. The Morgan fingerprint density at radius 3 is 2.23 bits per heavy atom. The smallest absolute Gasteiger partial charge is 0.322 e. The highest BCUT2D eigenvalue weighted by Gasteiger charge is 2.09. The SMILES string of the molecule is Cc1ccc(C)n1-c1ccc(C(=O)Nc2ccc3[nH]c(=O)[nH]c3c2)cc1. The maximum absolute atomic E-state index is 12.5. The molecule has 2 aromatic heterocycles. The van der Waals surface area contributed by atoms with E-state index in [-0.39, 0.29) is 11.6 Å². The van der Waals surface area contributed by atoms with Crippen molar-refractivity contribution in [1.82, 2.24) is 14.5 Å². The Bertz CT molecular complexity index is 1140. The van der Waals surface area contributed by atoms with E-state index in [1.165, 1.54) is 0 Å². The quantitative estimate of drug-likeness (QED) is 0.530. The molecule has 4 aromatic rings. The third kappa shape index (κ3) is 2.82. The second-order valence-corrected chi connectivity index (χ2v) is 6.29. The number of carbonyl (C=O) groups is 1. The van der Waals surface area contributed by atoms with Gasteiger partial charge in [-0.25, -0.2) is 4.79 Å². The van der Waals surface area contributed by atoms with Crippen LogP contribution in [0, 0.1) is 13.8 Å². The van der Waals surface area contributed by atoms with Gasteiger partial charge in [0, 0.05) is 28.3 Å². The number of H-pyrrole nitrogens is 2. The molecule has 2 heterocycles. The normalized spacial score (nSPS) is 11.0. The van der Waals surface area contributed by atoms with Crippen molar-refractivity contribution in [2.45, 2.75) is 13.8 Å². The Morgan fingerprint density at radius 2 is 1.54 bits per heavy atom. The Morgan fingerprint density at radius 1 is 0.885 bits per heavy atom. The average Bonchev–Trinajstić information content (AvgIpc) is 3.15. The summed E-state index contributed by atoms with van der Waals surface area (Å²) < 4.78 is 2.14. The molecule has 26 heavy (non-hydrogen) atoms. The van der Waals surface area contributed by atoms with Crippen molar-refractivity contribution in [2.75, 3.05) is 5.32 Å². The zero-order valence-corrected chi connectivity index (χ0v) is 14.5. The second kappa shape index (κ2) is 6.07. The highest BCUT2D eigenvalue weighted by atomic mass is 16.2. The maximum atomic E-state index is 12.5. The van der Waals surface area contributed by atoms with Crippen molar-refractivity contribution in [1.29, 1.82) is 0 Å². The molecule has 6 nitrogen and oxygen atoms in total. The molecule has 0 fully saturated rings. The summed E-state index contributed by atoms with van der Waals surface area (Å²) in [5, 5.41) is 2.85. The number of aryl methyl sites for hydroxylation is 2. The van der Waals surface area contributed by atoms with Gasteiger partial charge in [-0.1, -0.05) is 0 Å². The fraction of sp³-hybridized carbons (Fsp3) is 0.100. The standard InChI is InChI=1S/C20H18N4O2/c1-12-3-4-13(2)24(12)16-8-5-14(6-9-16)19(25)21-15-7-10-17-18(11-15)23-20(26)22-17/h3-11H,1-2H3,(H,21,25)(H2,22,23,26). The van der Waals surface area contributed by atoms with Crippen LogP contribution in [-0.4, -0.2) is 20.4 Å². The molecular weight excluding hydrogens is 328 g/mol. The summed E-state index contributed by atoms with van der Waals surface area (Å²) in [6, 6.07) is 16.8. The van der Waals surface area contributed by atoms with Crippen molar-refractivity contribution in [3.63, 3.8) is 0 Å². The molecule has 1 amide bonds. The highest BCUT2D eigenvalue weighted by Crippen LogP contribution is 2.19. The zero-order valence-electron chi connectivity index (χ0n) is 14.5. The van der Waals surface area contributed by atoms with Crippen LogP contribution < -0.4 is 11.0 Å². The number of aromatic amines is 2. The summed E-state index contributed by atoms with van der Waals surface area (Å²) in [4.78, 5) is 29.2. The first-order valence-electron chi connectivity index (χ1n) is 8.30. The number of amides is 1. The fourth-order valence-corrected chi connectivity index (χ4v) is 3.15. The van der Waals surface area contributed by atoms with Crippen LogP contribution in [0.25, 0.3) is 16.7 Å². The van der Waals surface area contributed by atoms with Crippen molar-refractivity contribution in [3.05, 3.63) is 82.0 Å². The van der Waals surface area contributed by atoms with E-state index in [4.69, 9.17) is 0 Å². The number of anilines is 1.